The third-order valence-corrected chi connectivity index (χ3v) is 2.91. The van der Waals surface area contributed by atoms with Crippen LogP contribution in [0.1, 0.15) is 38.2 Å². The van der Waals surface area contributed by atoms with E-state index in [-0.39, 0.29) is 0 Å². The molecule has 0 amide bonds. The van der Waals surface area contributed by atoms with Crippen molar-refractivity contribution in [3.8, 4) is 12.1 Å². The molecule has 0 bridgehead atoms. The Bertz CT molecular complexity index is 416. The highest BCUT2D eigenvalue weighted by molar-refractivity contribution is 5.48. The Kier molecular flexibility index (Phi) is 5.74. The summed E-state index contributed by atoms with van der Waals surface area (Å²) in [7, 11) is 0. The first-order valence-corrected chi connectivity index (χ1v) is 6.28. The van der Waals surface area contributed by atoms with E-state index in [1.807, 2.05) is 0 Å². The summed E-state index contributed by atoms with van der Waals surface area (Å²) in [6.07, 6.45) is 0.967. The molecule has 0 N–H and O–H groups in total. The van der Waals surface area contributed by atoms with Gasteiger partial charge < -0.3 is 4.90 Å². The van der Waals surface area contributed by atoms with Crippen molar-refractivity contribution in [2.75, 3.05) is 18.0 Å². The van der Waals surface area contributed by atoms with Crippen LogP contribution in [-0.4, -0.2) is 13.1 Å². The fraction of sp³-hybridized carbons (Fsp3) is 0.467. The predicted octanol–water partition coefficient (Wildman–Crippen LogP) is 3.44. The van der Waals surface area contributed by atoms with Crippen molar-refractivity contribution in [3.05, 3.63) is 29.8 Å². The number of nitriles is 2. The number of benzene rings is 1. The molecular weight excluding hydrogens is 222 g/mol. The third-order valence-electron chi connectivity index (χ3n) is 2.91. The van der Waals surface area contributed by atoms with Gasteiger partial charge in [0.2, 0.25) is 0 Å². The summed E-state index contributed by atoms with van der Waals surface area (Å²) in [5.41, 5.74) is 2.39. The zero-order valence-corrected chi connectivity index (χ0v) is 11.1. The standard InChI is InChI=1S/C15H19N3/c1-13(2)14-5-7-15(8-6-14)18(11-3-9-16)12-4-10-17/h5-8,13H,3-4,11-12H2,1-2H3. The molecule has 0 aliphatic rings. The highest BCUT2D eigenvalue weighted by Gasteiger charge is 2.06. The minimum Gasteiger partial charge on any atom is -0.369 e. The first-order valence-electron chi connectivity index (χ1n) is 6.28. The molecule has 0 unspecified atom stereocenters. The minimum atomic E-state index is 0.483. The topological polar surface area (TPSA) is 50.8 Å². The van der Waals surface area contributed by atoms with Gasteiger partial charge in [-0.3, -0.25) is 0 Å². The van der Waals surface area contributed by atoms with Gasteiger partial charge in [-0.05, 0) is 23.6 Å². The highest BCUT2D eigenvalue weighted by Crippen LogP contribution is 2.20. The largest absolute Gasteiger partial charge is 0.369 e. The Morgan fingerprint density at radius 3 is 1.89 bits per heavy atom. The Hall–Kier alpha value is -2.00. The molecule has 1 rings (SSSR count). The molecule has 0 radical (unpaired) electrons. The SMILES string of the molecule is CC(C)c1ccc(N(CCC#N)CCC#N)cc1. The molecule has 0 aliphatic carbocycles. The molecule has 0 aromatic heterocycles. The maximum Gasteiger partial charge on any atom is 0.0640 e. The average molecular weight is 241 g/mol. The average Bonchev–Trinajstić information content (AvgIpc) is 2.39. The fourth-order valence-electron chi connectivity index (χ4n) is 1.81. The van der Waals surface area contributed by atoms with Crippen LogP contribution in [0.2, 0.25) is 0 Å². The van der Waals surface area contributed by atoms with Gasteiger partial charge in [-0.2, -0.15) is 10.5 Å². The number of hydrogen-bond donors (Lipinski definition) is 0. The summed E-state index contributed by atoms with van der Waals surface area (Å²) >= 11 is 0. The summed E-state index contributed by atoms with van der Waals surface area (Å²) in [5.74, 6) is 0.519. The zero-order valence-electron chi connectivity index (χ0n) is 11.1. The van der Waals surface area contributed by atoms with Crippen LogP contribution >= 0.6 is 0 Å². The van der Waals surface area contributed by atoms with Crippen molar-refractivity contribution in [1.29, 1.82) is 10.5 Å². The van der Waals surface area contributed by atoms with E-state index in [2.05, 4.69) is 55.2 Å². The van der Waals surface area contributed by atoms with E-state index in [9.17, 15) is 0 Å². The van der Waals surface area contributed by atoms with Crippen LogP contribution in [0, 0.1) is 22.7 Å². The molecule has 3 heteroatoms. The molecule has 0 saturated heterocycles. The van der Waals surface area contributed by atoms with Crippen LogP contribution in [0.5, 0.6) is 0 Å². The molecule has 0 aliphatic heterocycles. The van der Waals surface area contributed by atoms with Crippen molar-refractivity contribution in [3.63, 3.8) is 0 Å². The molecule has 0 fully saturated rings. The maximum atomic E-state index is 8.66. The Morgan fingerprint density at radius 1 is 1.00 bits per heavy atom. The van der Waals surface area contributed by atoms with Crippen LogP contribution in [0.15, 0.2) is 24.3 Å². The molecule has 18 heavy (non-hydrogen) atoms. The summed E-state index contributed by atoms with van der Waals surface area (Å²) in [6, 6.07) is 12.7. The van der Waals surface area contributed by atoms with Gasteiger partial charge in [0.25, 0.3) is 0 Å². The number of anilines is 1. The minimum absolute atomic E-state index is 0.483. The Morgan fingerprint density at radius 2 is 1.50 bits per heavy atom. The normalized spacial score (nSPS) is 9.83. The van der Waals surface area contributed by atoms with Gasteiger partial charge in [-0.25, -0.2) is 0 Å². The van der Waals surface area contributed by atoms with Crippen molar-refractivity contribution in [2.24, 2.45) is 0 Å². The molecule has 0 heterocycles. The zero-order chi connectivity index (χ0) is 13.4. The Labute approximate surface area is 109 Å². The van der Waals surface area contributed by atoms with Gasteiger partial charge in [0, 0.05) is 18.8 Å². The third kappa shape index (κ3) is 4.11. The van der Waals surface area contributed by atoms with E-state index in [0.29, 0.717) is 31.8 Å². The summed E-state index contributed by atoms with van der Waals surface area (Å²) < 4.78 is 0. The summed E-state index contributed by atoms with van der Waals surface area (Å²) in [6.45, 7) is 5.69. The predicted molar refractivity (Wildman–Crippen MR) is 73.2 cm³/mol. The van der Waals surface area contributed by atoms with E-state index < -0.39 is 0 Å². The van der Waals surface area contributed by atoms with Gasteiger partial charge in [-0.15, -0.1) is 0 Å². The number of hydrogen-bond acceptors (Lipinski definition) is 3. The molecule has 3 nitrogen and oxygen atoms in total. The summed E-state index contributed by atoms with van der Waals surface area (Å²) in [4.78, 5) is 2.09. The van der Waals surface area contributed by atoms with E-state index in [1.165, 1.54) is 5.56 Å². The molecule has 1 aromatic rings. The monoisotopic (exact) mass is 241 g/mol. The molecular formula is C15H19N3. The van der Waals surface area contributed by atoms with Crippen molar-refractivity contribution in [2.45, 2.75) is 32.6 Å². The van der Waals surface area contributed by atoms with Crippen molar-refractivity contribution < 1.29 is 0 Å². The second-order valence-electron chi connectivity index (χ2n) is 4.55. The smallest absolute Gasteiger partial charge is 0.0640 e. The van der Waals surface area contributed by atoms with E-state index in [4.69, 9.17) is 10.5 Å². The van der Waals surface area contributed by atoms with E-state index >= 15 is 0 Å². The van der Waals surface area contributed by atoms with Crippen molar-refractivity contribution in [1.82, 2.24) is 0 Å². The van der Waals surface area contributed by atoms with E-state index in [0.717, 1.165) is 5.69 Å². The molecule has 94 valence electrons. The first kappa shape index (κ1) is 14.1. The lowest BCUT2D eigenvalue weighted by Gasteiger charge is -2.23. The van der Waals surface area contributed by atoms with Crippen LogP contribution < -0.4 is 4.90 Å². The molecule has 0 atom stereocenters. The van der Waals surface area contributed by atoms with Crippen LogP contribution in [-0.2, 0) is 0 Å². The second kappa shape index (κ2) is 7.35. The van der Waals surface area contributed by atoms with Gasteiger partial charge in [-0.1, -0.05) is 26.0 Å². The lowest BCUT2D eigenvalue weighted by atomic mass is 10.0. The fourth-order valence-corrected chi connectivity index (χ4v) is 1.81. The summed E-state index contributed by atoms with van der Waals surface area (Å²) in [5, 5.41) is 17.3. The highest BCUT2D eigenvalue weighted by atomic mass is 15.1. The first-order chi connectivity index (χ1) is 8.69. The van der Waals surface area contributed by atoms with Gasteiger partial charge >= 0.3 is 0 Å². The van der Waals surface area contributed by atoms with Gasteiger partial charge in [0.1, 0.15) is 0 Å². The van der Waals surface area contributed by atoms with Crippen LogP contribution in [0.25, 0.3) is 0 Å². The number of nitrogens with zero attached hydrogens (tertiary/aromatic N) is 3. The number of rotatable bonds is 6. The molecule has 0 spiro atoms. The van der Waals surface area contributed by atoms with Crippen molar-refractivity contribution >= 4 is 5.69 Å². The maximum absolute atomic E-state index is 8.66. The van der Waals surface area contributed by atoms with E-state index in [1.54, 1.807) is 0 Å². The lowest BCUT2D eigenvalue weighted by molar-refractivity contribution is 0.794. The second-order valence-corrected chi connectivity index (χ2v) is 4.55. The van der Waals surface area contributed by atoms with Gasteiger partial charge in [0.15, 0.2) is 0 Å². The Balaban J connectivity index is 2.78. The molecule has 1 aromatic carbocycles. The van der Waals surface area contributed by atoms with Gasteiger partial charge in [0.05, 0.1) is 25.0 Å². The van der Waals surface area contributed by atoms with Crippen LogP contribution in [0.4, 0.5) is 5.69 Å². The van der Waals surface area contributed by atoms with Crippen LogP contribution in [0.3, 0.4) is 0 Å². The molecule has 0 saturated carbocycles. The lowest BCUT2D eigenvalue weighted by Crippen LogP contribution is -2.25. The quantitative estimate of drug-likeness (QED) is 0.766.